The number of hydrogen-bond acceptors (Lipinski definition) is 4. The number of anilines is 1. The van der Waals surface area contributed by atoms with Crippen LogP contribution < -0.4 is 19.5 Å². The van der Waals surface area contributed by atoms with Crippen molar-refractivity contribution in [2.24, 2.45) is 0 Å². The number of halogens is 1. The molecule has 0 unspecified atom stereocenters. The molecule has 5 nitrogen and oxygen atoms in total. The third-order valence-electron chi connectivity index (χ3n) is 3.97. The van der Waals surface area contributed by atoms with E-state index in [-0.39, 0.29) is 5.91 Å². The number of hydrogen-bond donors (Lipinski definition) is 1. The van der Waals surface area contributed by atoms with Gasteiger partial charge in [0, 0.05) is 16.3 Å². The molecule has 0 spiro atoms. The van der Waals surface area contributed by atoms with E-state index in [2.05, 4.69) is 5.32 Å². The topological polar surface area (TPSA) is 56.8 Å². The first-order valence-corrected chi connectivity index (χ1v) is 8.80. The summed E-state index contributed by atoms with van der Waals surface area (Å²) in [5.74, 6) is 2.36. The van der Waals surface area contributed by atoms with E-state index in [1.165, 1.54) is 0 Å². The maximum Gasteiger partial charge on any atom is 0.255 e. The Morgan fingerprint density at radius 1 is 0.852 bits per heavy atom. The van der Waals surface area contributed by atoms with Crippen molar-refractivity contribution >= 4 is 23.2 Å². The summed E-state index contributed by atoms with van der Waals surface area (Å²) in [7, 11) is 0. The van der Waals surface area contributed by atoms with Crippen LogP contribution >= 0.6 is 11.6 Å². The summed E-state index contributed by atoms with van der Waals surface area (Å²) in [5.41, 5.74) is 1.17. The quantitative estimate of drug-likeness (QED) is 0.678. The molecule has 1 aliphatic rings. The minimum atomic E-state index is -0.224. The Hall–Kier alpha value is -3.18. The van der Waals surface area contributed by atoms with Gasteiger partial charge in [-0.25, -0.2) is 0 Å². The van der Waals surface area contributed by atoms with E-state index in [1.54, 1.807) is 66.7 Å². The molecule has 0 radical (unpaired) electrons. The minimum absolute atomic E-state index is 0.224. The van der Waals surface area contributed by atoms with Gasteiger partial charge in [-0.3, -0.25) is 4.79 Å². The van der Waals surface area contributed by atoms with E-state index >= 15 is 0 Å². The van der Waals surface area contributed by atoms with Gasteiger partial charge in [-0.15, -0.1) is 0 Å². The van der Waals surface area contributed by atoms with Crippen molar-refractivity contribution in [3.63, 3.8) is 0 Å². The molecule has 1 N–H and O–H groups in total. The Morgan fingerprint density at radius 2 is 1.48 bits per heavy atom. The van der Waals surface area contributed by atoms with Crippen molar-refractivity contribution in [1.29, 1.82) is 0 Å². The number of carbonyl (C=O) groups excluding carboxylic acids is 1. The largest absolute Gasteiger partial charge is 0.486 e. The highest BCUT2D eigenvalue weighted by Gasteiger charge is 2.15. The van der Waals surface area contributed by atoms with Crippen molar-refractivity contribution in [3.05, 3.63) is 77.3 Å². The van der Waals surface area contributed by atoms with Crippen LogP contribution in [-0.2, 0) is 0 Å². The SMILES string of the molecule is O=C(Nc1ccc(Oc2ccc(Cl)cc2)cc1)c1ccc2c(c1)OCCO2. The highest BCUT2D eigenvalue weighted by molar-refractivity contribution is 6.30. The predicted octanol–water partition coefficient (Wildman–Crippen LogP) is 5.16. The number of ether oxygens (including phenoxy) is 3. The van der Waals surface area contributed by atoms with Crippen LogP contribution in [0.5, 0.6) is 23.0 Å². The second kappa shape index (κ2) is 7.60. The molecule has 27 heavy (non-hydrogen) atoms. The first-order valence-electron chi connectivity index (χ1n) is 8.42. The molecular weight excluding hydrogens is 366 g/mol. The Bertz CT molecular complexity index is 955. The van der Waals surface area contributed by atoms with Gasteiger partial charge in [-0.1, -0.05) is 11.6 Å². The summed E-state index contributed by atoms with van der Waals surface area (Å²) in [4.78, 5) is 12.5. The summed E-state index contributed by atoms with van der Waals surface area (Å²) in [6.45, 7) is 0.996. The van der Waals surface area contributed by atoms with Gasteiger partial charge in [-0.05, 0) is 66.7 Å². The van der Waals surface area contributed by atoms with Crippen molar-refractivity contribution < 1.29 is 19.0 Å². The van der Waals surface area contributed by atoms with E-state index in [4.69, 9.17) is 25.8 Å². The van der Waals surface area contributed by atoms with Crippen molar-refractivity contribution in [1.82, 2.24) is 0 Å². The average molecular weight is 382 g/mol. The molecule has 0 saturated carbocycles. The van der Waals surface area contributed by atoms with Crippen molar-refractivity contribution in [3.8, 4) is 23.0 Å². The van der Waals surface area contributed by atoms with Gasteiger partial charge in [-0.2, -0.15) is 0 Å². The normalized spacial score (nSPS) is 12.3. The average Bonchev–Trinajstić information content (AvgIpc) is 2.71. The molecule has 4 rings (SSSR count). The number of fused-ring (bicyclic) bond motifs is 1. The van der Waals surface area contributed by atoms with Crippen LogP contribution in [0, 0.1) is 0 Å². The molecule has 1 amide bonds. The van der Waals surface area contributed by atoms with Crippen LogP contribution in [0.2, 0.25) is 5.02 Å². The zero-order valence-corrected chi connectivity index (χ0v) is 15.0. The Labute approximate surface area is 161 Å². The smallest absolute Gasteiger partial charge is 0.255 e. The van der Waals surface area contributed by atoms with E-state index in [0.29, 0.717) is 52.5 Å². The number of rotatable bonds is 4. The Kier molecular flexibility index (Phi) is 4.85. The number of benzene rings is 3. The highest BCUT2D eigenvalue weighted by atomic mass is 35.5. The third kappa shape index (κ3) is 4.15. The minimum Gasteiger partial charge on any atom is -0.486 e. The van der Waals surface area contributed by atoms with Crippen LogP contribution in [0.25, 0.3) is 0 Å². The highest BCUT2D eigenvalue weighted by Crippen LogP contribution is 2.31. The van der Waals surface area contributed by atoms with Gasteiger partial charge in [0.1, 0.15) is 24.7 Å². The summed E-state index contributed by atoms with van der Waals surface area (Å²) in [6, 6.07) is 19.4. The first-order chi connectivity index (χ1) is 13.2. The van der Waals surface area contributed by atoms with E-state index in [9.17, 15) is 4.79 Å². The lowest BCUT2D eigenvalue weighted by Crippen LogP contribution is -2.17. The van der Waals surface area contributed by atoms with Gasteiger partial charge in [0.25, 0.3) is 5.91 Å². The van der Waals surface area contributed by atoms with Crippen LogP contribution in [0.15, 0.2) is 66.7 Å². The van der Waals surface area contributed by atoms with Crippen LogP contribution in [0.4, 0.5) is 5.69 Å². The molecule has 0 saturated heterocycles. The fourth-order valence-corrected chi connectivity index (χ4v) is 2.76. The number of nitrogens with one attached hydrogen (secondary N) is 1. The van der Waals surface area contributed by atoms with Crippen LogP contribution in [0.3, 0.4) is 0 Å². The van der Waals surface area contributed by atoms with Gasteiger partial charge in [0.05, 0.1) is 0 Å². The van der Waals surface area contributed by atoms with Crippen LogP contribution in [0.1, 0.15) is 10.4 Å². The Balaban J connectivity index is 1.42. The fourth-order valence-electron chi connectivity index (χ4n) is 2.63. The van der Waals surface area contributed by atoms with E-state index in [1.807, 2.05) is 0 Å². The Morgan fingerprint density at radius 3 is 2.19 bits per heavy atom. The summed E-state index contributed by atoms with van der Waals surface area (Å²) < 4.78 is 16.7. The van der Waals surface area contributed by atoms with Gasteiger partial charge >= 0.3 is 0 Å². The molecular formula is C21H16ClNO4. The van der Waals surface area contributed by atoms with Crippen molar-refractivity contribution in [2.45, 2.75) is 0 Å². The third-order valence-corrected chi connectivity index (χ3v) is 4.22. The van der Waals surface area contributed by atoms with E-state index in [0.717, 1.165) is 0 Å². The molecule has 136 valence electrons. The van der Waals surface area contributed by atoms with Crippen LogP contribution in [-0.4, -0.2) is 19.1 Å². The molecule has 3 aromatic carbocycles. The molecule has 6 heteroatoms. The lowest BCUT2D eigenvalue weighted by Gasteiger charge is -2.18. The van der Waals surface area contributed by atoms with Gasteiger partial charge < -0.3 is 19.5 Å². The fraction of sp³-hybridized carbons (Fsp3) is 0.0952. The molecule has 0 aliphatic carbocycles. The molecule has 1 aliphatic heterocycles. The monoisotopic (exact) mass is 381 g/mol. The second-order valence-electron chi connectivity index (χ2n) is 5.89. The number of amides is 1. The molecule has 0 bridgehead atoms. The van der Waals surface area contributed by atoms with Gasteiger partial charge in [0.2, 0.25) is 0 Å². The zero-order valence-electron chi connectivity index (χ0n) is 14.3. The number of carbonyl (C=O) groups is 1. The second-order valence-corrected chi connectivity index (χ2v) is 6.33. The zero-order chi connectivity index (χ0) is 18.6. The first kappa shape index (κ1) is 17.2. The molecule has 1 heterocycles. The molecule has 0 fully saturated rings. The lowest BCUT2D eigenvalue weighted by molar-refractivity contribution is 0.102. The molecule has 0 aromatic heterocycles. The summed E-state index contributed by atoms with van der Waals surface area (Å²) >= 11 is 5.86. The summed E-state index contributed by atoms with van der Waals surface area (Å²) in [6.07, 6.45) is 0. The summed E-state index contributed by atoms with van der Waals surface area (Å²) in [5, 5.41) is 3.51. The lowest BCUT2D eigenvalue weighted by atomic mass is 10.1. The predicted molar refractivity (Wildman–Crippen MR) is 103 cm³/mol. The molecule has 3 aromatic rings. The molecule has 0 atom stereocenters. The maximum absolute atomic E-state index is 12.5. The van der Waals surface area contributed by atoms with Gasteiger partial charge in [0.15, 0.2) is 11.5 Å². The standard InChI is InChI=1S/C21H16ClNO4/c22-15-2-6-17(7-3-15)27-18-8-4-16(5-9-18)23-21(24)14-1-10-19-20(13-14)26-12-11-25-19/h1-10,13H,11-12H2,(H,23,24). The maximum atomic E-state index is 12.5. The van der Waals surface area contributed by atoms with Crippen molar-refractivity contribution in [2.75, 3.05) is 18.5 Å². The van der Waals surface area contributed by atoms with E-state index < -0.39 is 0 Å².